The van der Waals surface area contributed by atoms with Gasteiger partial charge in [-0.2, -0.15) is 0 Å². The number of anilines is 1. The van der Waals surface area contributed by atoms with Crippen molar-refractivity contribution in [2.45, 2.75) is 25.9 Å². The summed E-state index contributed by atoms with van der Waals surface area (Å²) in [6, 6.07) is 17.3. The molecule has 0 bridgehead atoms. The highest BCUT2D eigenvalue weighted by molar-refractivity contribution is 6.04. The molecule has 1 atom stereocenters. The number of aliphatic hydroxyl groups excluding tert-OH is 2. The van der Waals surface area contributed by atoms with Crippen LogP contribution in [-0.2, 0) is 17.6 Å². The zero-order chi connectivity index (χ0) is 23.8. The van der Waals surface area contributed by atoms with E-state index >= 15 is 0 Å². The SMILES string of the molecule is CCc1c(O)cc(O)c(-c2cccc(NC(=O)c3ccccc3)c2)c1CCOCC(O)CO. The van der Waals surface area contributed by atoms with Gasteiger partial charge >= 0.3 is 0 Å². The largest absolute Gasteiger partial charge is 0.508 e. The molecule has 0 aliphatic rings. The van der Waals surface area contributed by atoms with Gasteiger partial charge in [-0.15, -0.1) is 0 Å². The number of ether oxygens (including phenoxy) is 1. The fourth-order valence-corrected chi connectivity index (χ4v) is 3.73. The summed E-state index contributed by atoms with van der Waals surface area (Å²) in [5.74, 6) is -0.327. The van der Waals surface area contributed by atoms with Crippen LogP contribution in [0.5, 0.6) is 11.5 Å². The minimum atomic E-state index is -0.961. The Kier molecular flexibility index (Phi) is 8.43. The molecule has 0 aliphatic carbocycles. The second-order valence-electron chi connectivity index (χ2n) is 7.66. The van der Waals surface area contributed by atoms with E-state index in [0.29, 0.717) is 40.8 Å². The van der Waals surface area contributed by atoms with Gasteiger partial charge in [-0.1, -0.05) is 37.3 Å². The predicted molar refractivity (Wildman–Crippen MR) is 127 cm³/mol. The number of benzene rings is 3. The maximum atomic E-state index is 12.5. The molecule has 0 fully saturated rings. The Balaban J connectivity index is 1.91. The van der Waals surface area contributed by atoms with E-state index in [2.05, 4.69) is 5.32 Å². The molecule has 5 N–H and O–H groups in total. The lowest BCUT2D eigenvalue weighted by Gasteiger charge is -2.19. The van der Waals surface area contributed by atoms with Crippen molar-refractivity contribution in [2.75, 3.05) is 25.1 Å². The van der Waals surface area contributed by atoms with E-state index in [0.717, 1.165) is 5.56 Å². The molecule has 0 spiro atoms. The number of amides is 1. The minimum absolute atomic E-state index is 0.00215. The molecule has 3 aromatic carbocycles. The van der Waals surface area contributed by atoms with E-state index in [1.54, 1.807) is 42.5 Å². The van der Waals surface area contributed by atoms with Crippen molar-refractivity contribution in [1.82, 2.24) is 0 Å². The molecule has 1 unspecified atom stereocenters. The van der Waals surface area contributed by atoms with Gasteiger partial charge in [0.15, 0.2) is 0 Å². The fraction of sp³-hybridized carbons (Fsp3) is 0.269. The van der Waals surface area contributed by atoms with Gasteiger partial charge in [0, 0.05) is 22.9 Å². The first-order chi connectivity index (χ1) is 15.9. The zero-order valence-electron chi connectivity index (χ0n) is 18.5. The molecule has 174 valence electrons. The molecule has 0 heterocycles. The molecule has 1 amide bonds. The van der Waals surface area contributed by atoms with Crippen LogP contribution >= 0.6 is 0 Å². The van der Waals surface area contributed by atoms with Gasteiger partial charge in [0.2, 0.25) is 0 Å². The summed E-state index contributed by atoms with van der Waals surface area (Å²) in [6.45, 7) is 1.73. The van der Waals surface area contributed by atoms with Gasteiger partial charge in [-0.3, -0.25) is 4.79 Å². The van der Waals surface area contributed by atoms with Crippen molar-refractivity contribution >= 4 is 11.6 Å². The van der Waals surface area contributed by atoms with Crippen LogP contribution in [0.15, 0.2) is 60.7 Å². The normalized spacial score (nSPS) is 11.8. The predicted octanol–water partition coefficient (Wildman–Crippen LogP) is 3.49. The number of hydrogen-bond donors (Lipinski definition) is 5. The minimum Gasteiger partial charge on any atom is -0.508 e. The van der Waals surface area contributed by atoms with Crippen molar-refractivity contribution in [3.05, 3.63) is 77.4 Å². The van der Waals surface area contributed by atoms with E-state index in [1.165, 1.54) is 6.07 Å². The zero-order valence-corrected chi connectivity index (χ0v) is 18.5. The second-order valence-corrected chi connectivity index (χ2v) is 7.66. The Morgan fingerprint density at radius 3 is 2.45 bits per heavy atom. The first kappa shape index (κ1) is 24.3. The lowest BCUT2D eigenvalue weighted by atomic mass is 9.90. The number of phenols is 2. The van der Waals surface area contributed by atoms with Crippen LogP contribution in [0.1, 0.15) is 28.4 Å². The highest BCUT2D eigenvalue weighted by Gasteiger charge is 2.19. The summed E-state index contributed by atoms with van der Waals surface area (Å²) in [5, 5.41) is 42.4. The average molecular weight is 452 g/mol. The standard InChI is InChI=1S/C26H29NO6/c1-2-21-22(11-12-33-16-20(29)15-28)25(24(31)14-23(21)30)18-9-6-10-19(13-18)27-26(32)17-7-4-3-5-8-17/h3-10,13-14,20,28-31H,2,11-12,15-16H2,1H3,(H,27,32). The average Bonchev–Trinajstić information content (AvgIpc) is 2.82. The summed E-state index contributed by atoms with van der Waals surface area (Å²) in [4.78, 5) is 12.5. The van der Waals surface area contributed by atoms with Crippen LogP contribution < -0.4 is 5.32 Å². The number of carbonyl (C=O) groups is 1. The first-order valence-electron chi connectivity index (χ1n) is 10.8. The third kappa shape index (κ3) is 6.10. The maximum absolute atomic E-state index is 12.5. The van der Waals surface area contributed by atoms with Crippen LogP contribution in [0.25, 0.3) is 11.1 Å². The number of nitrogens with one attached hydrogen (secondary N) is 1. The molecule has 0 aromatic heterocycles. The maximum Gasteiger partial charge on any atom is 0.255 e. The molecule has 7 nitrogen and oxygen atoms in total. The Labute approximate surface area is 192 Å². The lowest BCUT2D eigenvalue weighted by molar-refractivity contribution is 0.00720. The molecule has 0 aliphatic heterocycles. The third-order valence-corrected chi connectivity index (χ3v) is 5.32. The molecule has 0 saturated heterocycles. The smallest absolute Gasteiger partial charge is 0.255 e. The Morgan fingerprint density at radius 1 is 1.00 bits per heavy atom. The quantitative estimate of drug-likeness (QED) is 0.301. The number of aromatic hydroxyl groups is 2. The van der Waals surface area contributed by atoms with E-state index < -0.39 is 6.10 Å². The second kappa shape index (κ2) is 11.5. The van der Waals surface area contributed by atoms with E-state index in [1.807, 2.05) is 19.1 Å². The van der Waals surface area contributed by atoms with Gasteiger partial charge in [0.05, 0.1) is 19.8 Å². The molecule has 0 radical (unpaired) electrons. The van der Waals surface area contributed by atoms with Gasteiger partial charge in [-0.25, -0.2) is 0 Å². The summed E-state index contributed by atoms with van der Waals surface area (Å²) in [7, 11) is 0. The van der Waals surface area contributed by atoms with Crippen LogP contribution in [0.2, 0.25) is 0 Å². The molecule has 3 aromatic rings. The van der Waals surface area contributed by atoms with Gasteiger partial charge in [0.25, 0.3) is 5.91 Å². The van der Waals surface area contributed by atoms with Crippen molar-refractivity contribution in [2.24, 2.45) is 0 Å². The number of aliphatic hydroxyl groups is 2. The first-order valence-corrected chi connectivity index (χ1v) is 10.8. The highest BCUT2D eigenvalue weighted by atomic mass is 16.5. The summed E-state index contributed by atoms with van der Waals surface area (Å²) in [5.41, 5.74) is 3.74. The van der Waals surface area contributed by atoms with Crippen molar-refractivity contribution < 1.29 is 30.0 Å². The Hall–Kier alpha value is -3.39. The summed E-state index contributed by atoms with van der Waals surface area (Å²) < 4.78 is 5.46. The van der Waals surface area contributed by atoms with Gasteiger partial charge < -0.3 is 30.5 Å². The number of rotatable bonds is 10. The van der Waals surface area contributed by atoms with Crippen LogP contribution in [0.3, 0.4) is 0 Å². The molecular formula is C26H29NO6. The van der Waals surface area contributed by atoms with E-state index in [9.17, 15) is 20.1 Å². The highest BCUT2D eigenvalue weighted by Crippen LogP contribution is 2.40. The van der Waals surface area contributed by atoms with Gasteiger partial charge in [0.1, 0.15) is 17.6 Å². The number of carbonyl (C=O) groups excluding carboxylic acids is 1. The molecule has 0 saturated carbocycles. The third-order valence-electron chi connectivity index (χ3n) is 5.32. The van der Waals surface area contributed by atoms with Crippen molar-refractivity contribution in [3.63, 3.8) is 0 Å². The number of phenolic OH excluding ortho intramolecular Hbond substituents is 2. The molecule has 33 heavy (non-hydrogen) atoms. The van der Waals surface area contributed by atoms with Crippen LogP contribution in [0.4, 0.5) is 5.69 Å². The summed E-state index contributed by atoms with van der Waals surface area (Å²) >= 11 is 0. The van der Waals surface area contributed by atoms with Crippen LogP contribution in [-0.4, -0.2) is 52.3 Å². The molecule has 3 rings (SSSR count). The van der Waals surface area contributed by atoms with Crippen molar-refractivity contribution in [3.8, 4) is 22.6 Å². The fourth-order valence-electron chi connectivity index (χ4n) is 3.73. The Morgan fingerprint density at radius 2 is 1.76 bits per heavy atom. The molecule has 7 heteroatoms. The van der Waals surface area contributed by atoms with Gasteiger partial charge in [-0.05, 0) is 53.8 Å². The van der Waals surface area contributed by atoms with E-state index in [4.69, 9.17) is 9.84 Å². The monoisotopic (exact) mass is 451 g/mol. The van der Waals surface area contributed by atoms with Crippen molar-refractivity contribution in [1.29, 1.82) is 0 Å². The van der Waals surface area contributed by atoms with Crippen LogP contribution in [0, 0.1) is 0 Å². The topological polar surface area (TPSA) is 119 Å². The number of hydrogen-bond acceptors (Lipinski definition) is 6. The molecular weight excluding hydrogens is 422 g/mol. The lowest BCUT2D eigenvalue weighted by Crippen LogP contribution is -2.20. The summed E-state index contributed by atoms with van der Waals surface area (Å²) in [6.07, 6.45) is -0.0465. The van der Waals surface area contributed by atoms with E-state index in [-0.39, 0.29) is 37.2 Å². The Bertz CT molecular complexity index is 1080.